The molecule has 0 spiro atoms. The zero-order valence-electron chi connectivity index (χ0n) is 12.7. The highest BCUT2D eigenvalue weighted by Crippen LogP contribution is 2.21. The number of hydrogen-bond donors (Lipinski definition) is 2. The lowest BCUT2D eigenvalue weighted by Gasteiger charge is -2.20. The molecule has 0 aliphatic carbocycles. The molecule has 1 fully saturated rings. The summed E-state index contributed by atoms with van der Waals surface area (Å²) in [5.41, 5.74) is 1.58. The summed E-state index contributed by atoms with van der Waals surface area (Å²) in [6.45, 7) is 5.39. The average molecular weight is 293 g/mol. The van der Waals surface area contributed by atoms with Crippen LogP contribution in [0.5, 0.6) is 0 Å². The minimum Gasteiger partial charge on any atom is -0.462 e. The average Bonchev–Trinajstić information content (AvgIpc) is 2.68. The molecule has 0 unspecified atom stereocenters. The molecule has 6 nitrogen and oxygen atoms in total. The fraction of sp³-hybridized carbons (Fsp3) is 0.600. The van der Waals surface area contributed by atoms with E-state index >= 15 is 0 Å². The third-order valence-corrected chi connectivity index (χ3v) is 3.69. The second kappa shape index (κ2) is 7.15. The van der Waals surface area contributed by atoms with Gasteiger partial charge in [0.1, 0.15) is 5.56 Å². The van der Waals surface area contributed by atoms with Crippen molar-refractivity contribution in [1.29, 1.82) is 0 Å². The van der Waals surface area contributed by atoms with Gasteiger partial charge >= 0.3 is 12.0 Å². The van der Waals surface area contributed by atoms with Gasteiger partial charge in [0.2, 0.25) is 0 Å². The van der Waals surface area contributed by atoms with Gasteiger partial charge in [-0.3, -0.25) is 0 Å². The van der Waals surface area contributed by atoms with Crippen LogP contribution in [-0.2, 0) is 4.74 Å². The largest absolute Gasteiger partial charge is 0.462 e. The number of aromatic nitrogens is 1. The van der Waals surface area contributed by atoms with Crippen LogP contribution in [0.15, 0.2) is 6.20 Å². The van der Waals surface area contributed by atoms with Crippen LogP contribution in [0.25, 0.3) is 0 Å². The predicted molar refractivity (Wildman–Crippen MR) is 80.5 cm³/mol. The van der Waals surface area contributed by atoms with Gasteiger partial charge in [-0.25, -0.2) is 9.59 Å². The van der Waals surface area contributed by atoms with Crippen LogP contribution in [0.1, 0.15) is 48.7 Å². The maximum absolute atomic E-state index is 12.3. The number of nitrogens with zero attached hydrogens (tertiary/aromatic N) is 1. The van der Waals surface area contributed by atoms with Gasteiger partial charge in [-0.05, 0) is 26.7 Å². The maximum Gasteiger partial charge on any atom is 0.342 e. The van der Waals surface area contributed by atoms with Crippen molar-refractivity contribution in [3.63, 3.8) is 0 Å². The predicted octanol–water partition coefficient (Wildman–Crippen LogP) is 2.91. The standard InChI is InChI=1S/C15H23N3O3/c1-3-21-14(19)13-11(2)16-10-12(13)17-15(20)18-8-6-4-5-7-9-18/h10,16H,3-9H2,1-2H3,(H,17,20). The smallest absolute Gasteiger partial charge is 0.342 e. The second-order valence-corrected chi connectivity index (χ2v) is 5.25. The van der Waals surface area contributed by atoms with Crippen LogP contribution in [0.2, 0.25) is 0 Å². The van der Waals surface area contributed by atoms with E-state index in [1.54, 1.807) is 20.0 Å². The van der Waals surface area contributed by atoms with Gasteiger partial charge in [0.15, 0.2) is 0 Å². The first kappa shape index (κ1) is 15.4. The summed E-state index contributed by atoms with van der Waals surface area (Å²) in [7, 11) is 0. The zero-order chi connectivity index (χ0) is 15.2. The van der Waals surface area contributed by atoms with Crippen molar-refractivity contribution in [3.8, 4) is 0 Å². The summed E-state index contributed by atoms with van der Waals surface area (Å²) in [6, 6.07) is -0.151. The summed E-state index contributed by atoms with van der Waals surface area (Å²) in [4.78, 5) is 29.0. The maximum atomic E-state index is 12.3. The zero-order valence-corrected chi connectivity index (χ0v) is 12.7. The SMILES string of the molecule is CCOC(=O)c1c(NC(=O)N2CCCCCC2)c[nH]c1C. The van der Waals surface area contributed by atoms with Gasteiger partial charge in [-0.1, -0.05) is 12.8 Å². The Kier molecular flexibility index (Phi) is 5.25. The molecule has 1 aliphatic rings. The Hall–Kier alpha value is -1.98. The summed E-state index contributed by atoms with van der Waals surface area (Å²) in [5, 5.41) is 2.82. The van der Waals surface area contributed by atoms with Gasteiger partial charge in [0.25, 0.3) is 0 Å². The topological polar surface area (TPSA) is 74.4 Å². The van der Waals surface area contributed by atoms with Gasteiger partial charge in [0.05, 0.1) is 12.3 Å². The van der Waals surface area contributed by atoms with E-state index in [2.05, 4.69) is 10.3 Å². The molecule has 0 aromatic carbocycles. The first-order valence-electron chi connectivity index (χ1n) is 7.54. The van der Waals surface area contributed by atoms with Crippen LogP contribution in [-0.4, -0.2) is 41.6 Å². The Morgan fingerprint density at radius 3 is 2.57 bits per heavy atom. The number of urea groups is 1. The van der Waals surface area contributed by atoms with Crippen LogP contribution in [0.3, 0.4) is 0 Å². The number of esters is 1. The molecule has 2 rings (SSSR count). The normalized spacial score (nSPS) is 15.4. The van der Waals surface area contributed by atoms with Crippen molar-refractivity contribution in [2.75, 3.05) is 25.0 Å². The number of ether oxygens (including phenoxy) is 1. The molecule has 1 aliphatic heterocycles. The molecule has 1 aromatic heterocycles. The number of H-pyrrole nitrogens is 1. The van der Waals surface area contributed by atoms with E-state index in [1.807, 2.05) is 4.90 Å². The number of rotatable bonds is 3. The number of hydrogen-bond acceptors (Lipinski definition) is 3. The Balaban J connectivity index is 2.08. The summed E-state index contributed by atoms with van der Waals surface area (Å²) in [6.07, 6.45) is 6.04. The van der Waals surface area contributed by atoms with Crippen LogP contribution in [0, 0.1) is 6.92 Å². The molecule has 0 saturated carbocycles. The Bertz CT molecular complexity index is 502. The van der Waals surface area contributed by atoms with Gasteiger partial charge in [0, 0.05) is 25.0 Å². The minimum absolute atomic E-state index is 0.151. The van der Waals surface area contributed by atoms with E-state index in [4.69, 9.17) is 4.74 Å². The Labute approximate surface area is 124 Å². The molecule has 2 amide bonds. The molecular formula is C15H23N3O3. The molecule has 116 valence electrons. The number of carbonyl (C=O) groups excluding carboxylic acids is 2. The lowest BCUT2D eigenvalue weighted by molar-refractivity contribution is 0.0527. The number of amides is 2. The molecule has 0 radical (unpaired) electrons. The van der Waals surface area contributed by atoms with Gasteiger partial charge < -0.3 is 19.9 Å². The monoisotopic (exact) mass is 293 g/mol. The Morgan fingerprint density at radius 2 is 1.95 bits per heavy atom. The van der Waals surface area contributed by atoms with E-state index in [0.717, 1.165) is 25.9 Å². The number of nitrogens with one attached hydrogen (secondary N) is 2. The van der Waals surface area contributed by atoms with Crippen molar-refractivity contribution in [2.45, 2.75) is 39.5 Å². The van der Waals surface area contributed by atoms with Crippen LogP contribution in [0.4, 0.5) is 10.5 Å². The van der Waals surface area contributed by atoms with Crippen LogP contribution < -0.4 is 5.32 Å². The molecule has 6 heteroatoms. The van der Waals surface area contributed by atoms with E-state index in [0.29, 0.717) is 23.6 Å². The van der Waals surface area contributed by atoms with E-state index < -0.39 is 5.97 Å². The molecule has 2 heterocycles. The summed E-state index contributed by atoms with van der Waals surface area (Å²) in [5.74, 6) is -0.414. The number of anilines is 1. The lowest BCUT2D eigenvalue weighted by atomic mass is 10.2. The molecular weight excluding hydrogens is 270 g/mol. The molecule has 1 saturated heterocycles. The third kappa shape index (κ3) is 3.77. The van der Waals surface area contributed by atoms with Gasteiger partial charge in [-0.15, -0.1) is 0 Å². The first-order valence-corrected chi connectivity index (χ1v) is 7.54. The molecule has 1 aromatic rings. The van der Waals surface area contributed by atoms with Crippen molar-refractivity contribution in [3.05, 3.63) is 17.5 Å². The molecule has 0 atom stereocenters. The van der Waals surface area contributed by atoms with Crippen molar-refractivity contribution >= 4 is 17.7 Å². The third-order valence-electron chi connectivity index (χ3n) is 3.69. The van der Waals surface area contributed by atoms with Crippen molar-refractivity contribution in [2.24, 2.45) is 0 Å². The highest BCUT2D eigenvalue weighted by molar-refractivity contribution is 6.01. The highest BCUT2D eigenvalue weighted by atomic mass is 16.5. The fourth-order valence-electron chi connectivity index (χ4n) is 2.56. The second-order valence-electron chi connectivity index (χ2n) is 5.25. The molecule has 0 bridgehead atoms. The molecule has 21 heavy (non-hydrogen) atoms. The number of likely N-dealkylation sites (tertiary alicyclic amines) is 1. The molecule has 2 N–H and O–H groups in total. The number of aromatic amines is 1. The van der Waals surface area contributed by atoms with E-state index in [9.17, 15) is 9.59 Å². The lowest BCUT2D eigenvalue weighted by Crippen LogP contribution is -2.35. The number of carbonyl (C=O) groups is 2. The first-order chi connectivity index (χ1) is 10.1. The van der Waals surface area contributed by atoms with Crippen molar-refractivity contribution in [1.82, 2.24) is 9.88 Å². The highest BCUT2D eigenvalue weighted by Gasteiger charge is 2.21. The Morgan fingerprint density at radius 1 is 1.29 bits per heavy atom. The van der Waals surface area contributed by atoms with E-state index in [1.165, 1.54) is 12.8 Å². The fourth-order valence-corrected chi connectivity index (χ4v) is 2.56. The number of aryl methyl sites for hydroxylation is 1. The van der Waals surface area contributed by atoms with E-state index in [-0.39, 0.29) is 6.03 Å². The minimum atomic E-state index is -0.414. The summed E-state index contributed by atoms with van der Waals surface area (Å²) >= 11 is 0. The van der Waals surface area contributed by atoms with Crippen LogP contribution >= 0.6 is 0 Å². The van der Waals surface area contributed by atoms with Gasteiger partial charge in [-0.2, -0.15) is 0 Å². The summed E-state index contributed by atoms with van der Waals surface area (Å²) < 4.78 is 5.03. The van der Waals surface area contributed by atoms with Crippen molar-refractivity contribution < 1.29 is 14.3 Å². The quantitative estimate of drug-likeness (QED) is 0.841.